The highest BCUT2D eigenvalue weighted by molar-refractivity contribution is 7.22. The number of nitrogens with zero attached hydrogens (tertiary/aromatic N) is 3. The Morgan fingerprint density at radius 2 is 1.95 bits per heavy atom. The van der Waals surface area contributed by atoms with E-state index in [4.69, 9.17) is 37.4 Å². The van der Waals surface area contributed by atoms with Crippen LogP contribution in [0.1, 0.15) is 59.6 Å². The first-order valence-electron chi connectivity index (χ1n) is 12.6. The maximum Gasteiger partial charge on any atom is 0.344 e. The van der Waals surface area contributed by atoms with Crippen molar-refractivity contribution in [2.24, 2.45) is 5.92 Å². The SMILES string of the molecule is O=C(O[C@H]1C[C@@H]2C[C@H]1CN2c1nc2ccc(C(O)O)cc2s1)c1c(-c2c(Cl)cccc2Cl)noc1C1CC1. The second-order valence-corrected chi connectivity index (χ2v) is 12.0. The molecule has 3 atom stereocenters. The van der Waals surface area contributed by atoms with Crippen LogP contribution in [-0.2, 0) is 4.74 Å². The second-order valence-electron chi connectivity index (χ2n) is 10.2. The van der Waals surface area contributed by atoms with Crippen LogP contribution in [0.4, 0.5) is 5.13 Å². The van der Waals surface area contributed by atoms with Crippen molar-refractivity contribution in [3.05, 3.63) is 63.3 Å². The molecule has 8 nitrogen and oxygen atoms in total. The van der Waals surface area contributed by atoms with Gasteiger partial charge >= 0.3 is 5.97 Å². The first kappa shape index (κ1) is 24.4. The molecule has 3 aliphatic rings. The molecule has 0 amide bonds. The average Bonchev–Trinajstić information content (AvgIpc) is 3.22. The molecular weight excluding hydrogens is 549 g/mol. The Bertz CT molecular complexity index is 1550. The van der Waals surface area contributed by atoms with E-state index in [1.165, 1.54) is 11.3 Å². The largest absolute Gasteiger partial charge is 0.458 e. The van der Waals surface area contributed by atoms with Gasteiger partial charge in [0.1, 0.15) is 17.4 Å². The lowest BCUT2D eigenvalue weighted by Crippen LogP contribution is -2.39. The Morgan fingerprint density at radius 1 is 1.16 bits per heavy atom. The van der Waals surface area contributed by atoms with Crippen molar-refractivity contribution in [3.63, 3.8) is 0 Å². The lowest BCUT2D eigenvalue weighted by Gasteiger charge is -2.31. The fourth-order valence-electron chi connectivity index (χ4n) is 5.71. The predicted octanol–water partition coefficient (Wildman–Crippen LogP) is 5.94. The number of esters is 1. The van der Waals surface area contributed by atoms with Gasteiger partial charge in [0.05, 0.1) is 20.3 Å². The molecule has 2 saturated carbocycles. The number of piperidine rings is 1. The number of benzene rings is 2. The number of aliphatic hydroxyl groups excluding tert-OH is 1. The van der Waals surface area contributed by atoms with Crippen LogP contribution < -0.4 is 4.90 Å². The molecule has 38 heavy (non-hydrogen) atoms. The van der Waals surface area contributed by atoms with Crippen molar-refractivity contribution in [2.45, 2.75) is 50.0 Å². The number of thiazole rings is 1. The molecule has 2 N–H and O–H groups in total. The minimum Gasteiger partial charge on any atom is -0.458 e. The Balaban J connectivity index is 1.11. The summed E-state index contributed by atoms with van der Waals surface area (Å²) in [6, 6.07) is 10.6. The van der Waals surface area contributed by atoms with Gasteiger partial charge in [-0.1, -0.05) is 51.8 Å². The highest BCUT2D eigenvalue weighted by atomic mass is 35.5. The summed E-state index contributed by atoms with van der Waals surface area (Å²) in [4.78, 5) is 20.6. The van der Waals surface area contributed by atoms with Gasteiger partial charge in [-0.3, -0.25) is 0 Å². The van der Waals surface area contributed by atoms with Crippen LogP contribution in [0.3, 0.4) is 0 Å². The summed E-state index contributed by atoms with van der Waals surface area (Å²) in [6.07, 6.45) is 1.77. The molecule has 2 aromatic heterocycles. The number of aromatic nitrogens is 2. The number of anilines is 1. The van der Waals surface area contributed by atoms with E-state index in [0.717, 1.165) is 41.2 Å². The third-order valence-electron chi connectivity index (χ3n) is 7.75. The van der Waals surface area contributed by atoms with Gasteiger partial charge in [-0.15, -0.1) is 0 Å². The first-order valence-corrected chi connectivity index (χ1v) is 14.1. The summed E-state index contributed by atoms with van der Waals surface area (Å²) in [5, 5.41) is 24.9. The van der Waals surface area contributed by atoms with Crippen LogP contribution in [0.25, 0.3) is 21.5 Å². The normalized spacial score (nSPS) is 22.7. The van der Waals surface area contributed by atoms with Crippen molar-refractivity contribution in [1.82, 2.24) is 10.1 Å². The smallest absolute Gasteiger partial charge is 0.344 e. The molecule has 0 radical (unpaired) electrons. The molecule has 1 saturated heterocycles. The van der Waals surface area contributed by atoms with Crippen molar-refractivity contribution in [2.75, 3.05) is 11.4 Å². The van der Waals surface area contributed by atoms with Gasteiger partial charge in [0, 0.05) is 42.0 Å². The fraction of sp³-hybridized carbons (Fsp3) is 0.370. The van der Waals surface area contributed by atoms with Crippen molar-refractivity contribution in [3.8, 4) is 11.3 Å². The average molecular weight is 572 g/mol. The molecule has 2 aliphatic carbocycles. The Kier molecular flexibility index (Phi) is 5.90. The van der Waals surface area contributed by atoms with Gasteiger partial charge in [-0.05, 0) is 43.5 Å². The molecule has 0 spiro atoms. The number of rotatable bonds is 6. The van der Waals surface area contributed by atoms with E-state index < -0.39 is 12.3 Å². The number of fused-ring (bicyclic) bond motifs is 3. The molecule has 3 heterocycles. The van der Waals surface area contributed by atoms with Gasteiger partial charge in [0.15, 0.2) is 17.2 Å². The van der Waals surface area contributed by atoms with Crippen LogP contribution >= 0.6 is 34.5 Å². The minimum absolute atomic E-state index is 0.155. The van der Waals surface area contributed by atoms with E-state index in [0.29, 0.717) is 44.6 Å². The summed E-state index contributed by atoms with van der Waals surface area (Å²) in [6.45, 7) is 0.736. The standard InChI is InChI=1S/C27H23Cl2N3O5S/c28-16-2-1-3-17(29)21(16)23-22(24(37-31-23)12-4-5-12)26(35)36-19-10-15-8-14(19)11-32(15)27-30-18-7-6-13(25(33)34)9-20(18)38-27/h1-3,6-7,9,12,14-15,19,25,33-34H,4-5,8,10-11H2/t14-,15-,19-/m0/s1. The van der Waals surface area contributed by atoms with E-state index >= 15 is 0 Å². The highest BCUT2D eigenvalue weighted by Gasteiger charge is 2.48. The molecule has 1 aliphatic heterocycles. The van der Waals surface area contributed by atoms with E-state index in [2.05, 4.69) is 10.1 Å². The van der Waals surface area contributed by atoms with Crippen LogP contribution in [-0.4, -0.2) is 45.0 Å². The summed E-state index contributed by atoms with van der Waals surface area (Å²) in [5.41, 5.74) is 2.41. The number of carbonyl (C=O) groups excluding carboxylic acids is 1. The molecule has 2 aromatic carbocycles. The van der Waals surface area contributed by atoms with Crippen molar-refractivity contribution in [1.29, 1.82) is 0 Å². The Morgan fingerprint density at radius 3 is 2.63 bits per heavy atom. The zero-order chi connectivity index (χ0) is 26.1. The Hall–Kier alpha value is -2.69. The lowest BCUT2D eigenvalue weighted by atomic mass is 10.0. The molecule has 3 fully saturated rings. The Labute approximate surface area is 231 Å². The summed E-state index contributed by atoms with van der Waals surface area (Å²) >= 11 is 14.4. The molecule has 196 valence electrons. The van der Waals surface area contributed by atoms with Gasteiger partial charge < -0.3 is 24.4 Å². The third-order valence-corrected chi connectivity index (χ3v) is 9.44. The van der Waals surface area contributed by atoms with E-state index in [1.807, 2.05) is 6.07 Å². The van der Waals surface area contributed by atoms with E-state index in [9.17, 15) is 15.0 Å². The van der Waals surface area contributed by atoms with Crippen LogP contribution in [0.5, 0.6) is 0 Å². The van der Waals surface area contributed by atoms with Gasteiger partial charge in [0.2, 0.25) is 0 Å². The minimum atomic E-state index is -1.51. The third kappa shape index (κ3) is 4.08. The maximum absolute atomic E-state index is 13.6. The van der Waals surface area contributed by atoms with Crippen LogP contribution in [0, 0.1) is 5.92 Å². The number of ether oxygens (including phenoxy) is 1. The molecule has 11 heteroatoms. The molecule has 0 unspecified atom stereocenters. The second kappa shape index (κ2) is 9.20. The van der Waals surface area contributed by atoms with Gasteiger partial charge in [-0.25, -0.2) is 9.78 Å². The van der Waals surface area contributed by atoms with Crippen LogP contribution in [0.15, 0.2) is 40.9 Å². The van der Waals surface area contributed by atoms with Gasteiger partial charge in [-0.2, -0.15) is 0 Å². The molecule has 4 aromatic rings. The topological polar surface area (TPSA) is 109 Å². The van der Waals surface area contributed by atoms with Crippen LogP contribution in [0.2, 0.25) is 10.0 Å². The first-order chi connectivity index (χ1) is 18.4. The lowest BCUT2D eigenvalue weighted by molar-refractivity contribution is -0.0423. The monoisotopic (exact) mass is 571 g/mol. The van der Waals surface area contributed by atoms with E-state index in [1.54, 1.807) is 30.3 Å². The predicted molar refractivity (Wildman–Crippen MR) is 144 cm³/mol. The van der Waals surface area contributed by atoms with Crippen molar-refractivity contribution >= 4 is 55.9 Å². The number of aliphatic hydroxyl groups is 2. The zero-order valence-electron chi connectivity index (χ0n) is 20.0. The number of hydrogen-bond donors (Lipinski definition) is 2. The summed E-state index contributed by atoms with van der Waals surface area (Å²) in [7, 11) is 0. The van der Waals surface area contributed by atoms with Gasteiger partial charge in [0.25, 0.3) is 0 Å². The summed E-state index contributed by atoms with van der Waals surface area (Å²) in [5.74, 6) is 0.440. The molecular formula is C27H23Cl2N3O5S. The molecule has 2 bridgehead atoms. The highest BCUT2D eigenvalue weighted by Crippen LogP contribution is 2.48. The maximum atomic E-state index is 13.6. The number of hydrogen-bond acceptors (Lipinski definition) is 9. The zero-order valence-corrected chi connectivity index (χ0v) is 22.3. The van der Waals surface area contributed by atoms with Crippen molar-refractivity contribution < 1.29 is 24.3 Å². The summed E-state index contributed by atoms with van der Waals surface area (Å²) < 4.78 is 12.7. The number of halogens is 2. The van der Waals surface area contributed by atoms with E-state index in [-0.39, 0.29) is 24.0 Å². The quantitative estimate of drug-likeness (QED) is 0.216. The molecule has 7 rings (SSSR count). The fourth-order valence-corrected chi connectivity index (χ4v) is 7.38. The number of carbonyl (C=O) groups is 1.